The van der Waals surface area contributed by atoms with Gasteiger partial charge in [0.15, 0.2) is 0 Å². The van der Waals surface area contributed by atoms with Crippen LogP contribution in [0, 0.1) is 11.8 Å². The fourth-order valence-electron chi connectivity index (χ4n) is 2.53. The van der Waals surface area contributed by atoms with E-state index in [9.17, 15) is 4.79 Å². The zero-order chi connectivity index (χ0) is 13.9. The average molecular weight is 273 g/mol. The summed E-state index contributed by atoms with van der Waals surface area (Å²) < 4.78 is 5.50. The molecule has 3 nitrogen and oxygen atoms in total. The van der Waals surface area contributed by atoms with Gasteiger partial charge in [-0.3, -0.25) is 0 Å². The third-order valence-electron chi connectivity index (χ3n) is 3.40. The summed E-state index contributed by atoms with van der Waals surface area (Å²) in [6.07, 6.45) is 3.18. The number of carbonyl (C=O) groups excluding carboxylic acids is 1. The molecule has 1 aliphatic heterocycles. The molecule has 0 aromatic rings. The highest BCUT2D eigenvalue weighted by Gasteiger charge is 2.36. The summed E-state index contributed by atoms with van der Waals surface area (Å²) in [6.45, 7) is 10.9. The highest BCUT2D eigenvalue weighted by atomic mass is 32.2. The Bertz CT molecular complexity index is 288. The molecule has 0 saturated carbocycles. The first-order valence-corrected chi connectivity index (χ1v) is 8.12. The second kappa shape index (κ2) is 6.18. The van der Waals surface area contributed by atoms with Crippen LogP contribution in [0.1, 0.15) is 41.0 Å². The lowest BCUT2D eigenvalue weighted by atomic mass is 9.86. The number of nitrogens with zero attached hydrogens (tertiary/aromatic N) is 1. The van der Waals surface area contributed by atoms with Crippen LogP contribution in [0.5, 0.6) is 0 Å². The van der Waals surface area contributed by atoms with Gasteiger partial charge in [0, 0.05) is 12.6 Å². The highest BCUT2D eigenvalue weighted by molar-refractivity contribution is 7.98. The van der Waals surface area contributed by atoms with Crippen molar-refractivity contribution in [1.29, 1.82) is 0 Å². The SMILES string of the molecule is CSCC1CC(C)CN(C(=O)OC(C)(C)C)C1C. The van der Waals surface area contributed by atoms with Gasteiger partial charge in [-0.05, 0) is 58.0 Å². The molecule has 0 aromatic carbocycles. The molecule has 0 bridgehead atoms. The summed E-state index contributed by atoms with van der Waals surface area (Å²) >= 11 is 1.86. The highest BCUT2D eigenvalue weighted by Crippen LogP contribution is 2.30. The van der Waals surface area contributed by atoms with Crippen LogP contribution in [0.3, 0.4) is 0 Å². The molecule has 4 heteroatoms. The maximum Gasteiger partial charge on any atom is 0.410 e. The lowest BCUT2D eigenvalue weighted by Crippen LogP contribution is -2.51. The van der Waals surface area contributed by atoms with Crippen LogP contribution in [0.15, 0.2) is 0 Å². The molecule has 106 valence electrons. The first kappa shape index (κ1) is 15.7. The van der Waals surface area contributed by atoms with E-state index in [4.69, 9.17) is 4.74 Å². The molecule has 0 N–H and O–H groups in total. The van der Waals surface area contributed by atoms with E-state index in [0.717, 1.165) is 12.3 Å². The van der Waals surface area contributed by atoms with Crippen molar-refractivity contribution >= 4 is 17.9 Å². The quantitative estimate of drug-likeness (QED) is 0.769. The van der Waals surface area contributed by atoms with Crippen molar-refractivity contribution in [3.63, 3.8) is 0 Å². The Hall–Kier alpha value is -0.380. The number of rotatable bonds is 2. The molecule has 0 radical (unpaired) electrons. The Morgan fingerprint density at radius 2 is 2.00 bits per heavy atom. The van der Waals surface area contributed by atoms with E-state index in [1.165, 1.54) is 6.42 Å². The second-order valence-corrected chi connectivity index (χ2v) is 7.34. The predicted molar refractivity (Wildman–Crippen MR) is 78.1 cm³/mol. The van der Waals surface area contributed by atoms with E-state index in [0.29, 0.717) is 11.8 Å². The van der Waals surface area contributed by atoms with Gasteiger partial charge in [0.2, 0.25) is 0 Å². The minimum absolute atomic E-state index is 0.160. The largest absolute Gasteiger partial charge is 0.444 e. The normalized spacial score (nSPS) is 29.2. The van der Waals surface area contributed by atoms with Crippen molar-refractivity contribution in [2.24, 2.45) is 11.8 Å². The summed E-state index contributed by atoms with van der Waals surface area (Å²) in [6, 6.07) is 0.281. The number of ether oxygens (including phenoxy) is 1. The molecule has 0 spiro atoms. The number of hydrogen-bond donors (Lipinski definition) is 0. The first-order chi connectivity index (χ1) is 8.24. The maximum absolute atomic E-state index is 12.2. The van der Waals surface area contributed by atoms with Crippen LogP contribution in [-0.2, 0) is 4.74 Å². The Kier molecular flexibility index (Phi) is 5.38. The standard InChI is InChI=1S/C14H27NO2S/c1-10-7-12(9-18-6)11(2)15(8-10)13(16)17-14(3,4)5/h10-12H,7-9H2,1-6H3. The van der Waals surface area contributed by atoms with Gasteiger partial charge in [0.1, 0.15) is 5.60 Å². The van der Waals surface area contributed by atoms with Gasteiger partial charge in [-0.1, -0.05) is 6.92 Å². The van der Waals surface area contributed by atoms with E-state index in [2.05, 4.69) is 20.1 Å². The van der Waals surface area contributed by atoms with Crippen molar-refractivity contribution in [3.8, 4) is 0 Å². The smallest absolute Gasteiger partial charge is 0.410 e. The molecule has 1 fully saturated rings. The summed E-state index contributed by atoms with van der Waals surface area (Å²) in [5, 5.41) is 0. The van der Waals surface area contributed by atoms with Crippen LogP contribution in [0.25, 0.3) is 0 Å². The third kappa shape index (κ3) is 4.38. The van der Waals surface area contributed by atoms with E-state index in [1.807, 2.05) is 37.4 Å². The monoisotopic (exact) mass is 273 g/mol. The number of carbonyl (C=O) groups is 1. The molecule has 1 aliphatic rings. The van der Waals surface area contributed by atoms with Crippen LogP contribution in [0.4, 0.5) is 4.79 Å². The number of amides is 1. The molecule has 1 amide bonds. The number of hydrogen-bond acceptors (Lipinski definition) is 3. The summed E-state index contributed by atoms with van der Waals surface area (Å²) in [7, 11) is 0. The molecule has 1 heterocycles. The second-order valence-electron chi connectivity index (χ2n) is 6.43. The van der Waals surface area contributed by atoms with Crippen molar-refractivity contribution in [3.05, 3.63) is 0 Å². The zero-order valence-electron chi connectivity index (χ0n) is 12.5. The third-order valence-corrected chi connectivity index (χ3v) is 4.16. The van der Waals surface area contributed by atoms with E-state index >= 15 is 0 Å². The molecule has 3 unspecified atom stereocenters. The molecular weight excluding hydrogens is 246 g/mol. The van der Waals surface area contributed by atoms with E-state index in [1.54, 1.807) is 0 Å². The van der Waals surface area contributed by atoms with E-state index < -0.39 is 5.60 Å². The zero-order valence-corrected chi connectivity index (χ0v) is 13.3. The number of piperidine rings is 1. The van der Waals surface area contributed by atoms with Gasteiger partial charge in [-0.2, -0.15) is 11.8 Å². The number of thioether (sulfide) groups is 1. The van der Waals surface area contributed by atoms with Crippen LogP contribution >= 0.6 is 11.8 Å². The van der Waals surface area contributed by atoms with Crippen molar-refractivity contribution in [2.45, 2.75) is 52.7 Å². The number of likely N-dealkylation sites (tertiary alicyclic amines) is 1. The summed E-state index contributed by atoms with van der Waals surface area (Å²) in [4.78, 5) is 14.1. The Morgan fingerprint density at radius 3 is 2.50 bits per heavy atom. The predicted octanol–water partition coefficient (Wildman–Crippen LogP) is 3.63. The minimum atomic E-state index is -0.410. The van der Waals surface area contributed by atoms with Gasteiger partial charge in [0.05, 0.1) is 0 Å². The fourth-order valence-corrected chi connectivity index (χ4v) is 3.37. The lowest BCUT2D eigenvalue weighted by Gasteiger charge is -2.42. The molecule has 0 aliphatic carbocycles. The molecule has 18 heavy (non-hydrogen) atoms. The Morgan fingerprint density at radius 1 is 1.39 bits per heavy atom. The summed E-state index contributed by atoms with van der Waals surface area (Å²) in [5.74, 6) is 2.26. The fraction of sp³-hybridized carbons (Fsp3) is 0.929. The minimum Gasteiger partial charge on any atom is -0.444 e. The van der Waals surface area contributed by atoms with Crippen molar-refractivity contribution < 1.29 is 9.53 Å². The first-order valence-electron chi connectivity index (χ1n) is 6.73. The van der Waals surface area contributed by atoms with Gasteiger partial charge in [-0.15, -0.1) is 0 Å². The van der Waals surface area contributed by atoms with Gasteiger partial charge < -0.3 is 9.64 Å². The van der Waals surface area contributed by atoms with Crippen molar-refractivity contribution in [2.75, 3.05) is 18.6 Å². The van der Waals surface area contributed by atoms with Crippen LogP contribution in [0.2, 0.25) is 0 Å². The molecule has 3 atom stereocenters. The van der Waals surface area contributed by atoms with Crippen LogP contribution < -0.4 is 0 Å². The van der Waals surface area contributed by atoms with Gasteiger partial charge in [-0.25, -0.2) is 4.79 Å². The van der Waals surface area contributed by atoms with Crippen molar-refractivity contribution in [1.82, 2.24) is 4.90 Å². The molecule has 1 rings (SSSR count). The topological polar surface area (TPSA) is 29.5 Å². The Balaban J connectivity index is 2.70. The van der Waals surface area contributed by atoms with E-state index in [-0.39, 0.29) is 12.1 Å². The molecular formula is C14H27NO2S. The van der Waals surface area contributed by atoms with Gasteiger partial charge in [0.25, 0.3) is 0 Å². The Labute approximate surface area is 116 Å². The van der Waals surface area contributed by atoms with Gasteiger partial charge >= 0.3 is 6.09 Å². The lowest BCUT2D eigenvalue weighted by molar-refractivity contribution is -0.00244. The molecule has 1 saturated heterocycles. The van der Waals surface area contributed by atoms with Crippen LogP contribution in [-0.4, -0.2) is 41.2 Å². The molecule has 0 aromatic heterocycles. The summed E-state index contributed by atoms with van der Waals surface area (Å²) in [5.41, 5.74) is -0.410. The average Bonchev–Trinajstić information content (AvgIpc) is 2.20. The maximum atomic E-state index is 12.2.